The van der Waals surface area contributed by atoms with E-state index in [0.717, 1.165) is 12.5 Å². The molecule has 3 N–H and O–H groups in total. The van der Waals surface area contributed by atoms with Crippen molar-refractivity contribution in [3.63, 3.8) is 0 Å². The van der Waals surface area contributed by atoms with Crippen molar-refractivity contribution >= 4 is 17.6 Å². The molecule has 1 amide bonds. The highest BCUT2D eigenvalue weighted by molar-refractivity contribution is 5.94. The topological polar surface area (TPSA) is 91.3 Å². The van der Waals surface area contributed by atoms with Crippen molar-refractivity contribution in [2.45, 2.75) is 12.8 Å². The maximum absolute atomic E-state index is 11.5. The molecule has 2 rings (SSSR count). The lowest BCUT2D eigenvalue weighted by atomic mass is 10.2. The lowest BCUT2D eigenvalue weighted by molar-refractivity contribution is -0.115. The number of carbonyl (C=O) groups excluding carboxylic acids is 1. The summed E-state index contributed by atoms with van der Waals surface area (Å²) < 4.78 is 0. The van der Waals surface area contributed by atoms with Crippen LogP contribution in [0, 0.1) is 5.92 Å². The molecule has 0 saturated heterocycles. The molecule has 0 atom stereocenters. The van der Waals surface area contributed by atoms with Crippen molar-refractivity contribution < 1.29 is 14.7 Å². The van der Waals surface area contributed by atoms with Gasteiger partial charge in [0.05, 0.1) is 24.0 Å². The molecule has 1 heterocycles. The molecule has 18 heavy (non-hydrogen) atoms. The van der Waals surface area contributed by atoms with Gasteiger partial charge in [-0.3, -0.25) is 9.78 Å². The van der Waals surface area contributed by atoms with Crippen LogP contribution in [0.2, 0.25) is 0 Å². The summed E-state index contributed by atoms with van der Waals surface area (Å²) in [4.78, 5) is 26.0. The number of amides is 1. The summed E-state index contributed by atoms with van der Waals surface area (Å²) in [6, 6.07) is 1.38. The van der Waals surface area contributed by atoms with Crippen molar-refractivity contribution in [3.05, 3.63) is 24.0 Å². The van der Waals surface area contributed by atoms with Crippen LogP contribution >= 0.6 is 0 Å². The fourth-order valence-electron chi connectivity index (χ4n) is 1.54. The Morgan fingerprint density at radius 2 is 2.17 bits per heavy atom. The van der Waals surface area contributed by atoms with Crippen LogP contribution in [-0.4, -0.2) is 35.1 Å². The molecular formula is C12H15N3O3. The Morgan fingerprint density at radius 1 is 1.39 bits per heavy atom. The van der Waals surface area contributed by atoms with Crippen LogP contribution in [0.4, 0.5) is 5.69 Å². The van der Waals surface area contributed by atoms with Gasteiger partial charge in [0.15, 0.2) is 0 Å². The summed E-state index contributed by atoms with van der Waals surface area (Å²) >= 11 is 0. The van der Waals surface area contributed by atoms with Gasteiger partial charge in [-0.05, 0) is 31.4 Å². The van der Waals surface area contributed by atoms with E-state index in [0.29, 0.717) is 5.69 Å². The smallest absolute Gasteiger partial charge is 0.337 e. The summed E-state index contributed by atoms with van der Waals surface area (Å²) in [6.07, 6.45) is 5.13. The largest absolute Gasteiger partial charge is 0.478 e. The van der Waals surface area contributed by atoms with Crippen LogP contribution in [0.3, 0.4) is 0 Å². The minimum absolute atomic E-state index is 0.0544. The fraction of sp³-hybridized carbons (Fsp3) is 0.417. The Bertz CT molecular complexity index is 458. The summed E-state index contributed by atoms with van der Waals surface area (Å²) in [6.45, 7) is 1.09. The van der Waals surface area contributed by atoms with E-state index < -0.39 is 5.97 Å². The van der Waals surface area contributed by atoms with E-state index in [1.165, 1.54) is 31.3 Å². The number of hydrogen-bond donors (Lipinski definition) is 3. The normalized spacial score (nSPS) is 14.2. The van der Waals surface area contributed by atoms with Crippen molar-refractivity contribution in [1.29, 1.82) is 0 Å². The number of carboxylic acids is 1. The minimum atomic E-state index is -1.06. The summed E-state index contributed by atoms with van der Waals surface area (Å²) in [7, 11) is 0. The van der Waals surface area contributed by atoms with Gasteiger partial charge in [-0.2, -0.15) is 0 Å². The lowest BCUT2D eigenvalue weighted by Crippen LogP contribution is -2.29. The standard InChI is InChI=1S/C12H15N3O3/c16-11(7-13-4-8-1-2-8)15-10-3-9(12(17)18)5-14-6-10/h3,5-6,8,13H,1-2,4,7H2,(H,15,16)(H,17,18). The number of nitrogens with one attached hydrogen (secondary N) is 2. The molecule has 0 aromatic carbocycles. The van der Waals surface area contributed by atoms with Gasteiger partial charge in [0.2, 0.25) is 5.91 Å². The molecule has 0 radical (unpaired) electrons. The first-order valence-corrected chi connectivity index (χ1v) is 5.84. The molecular weight excluding hydrogens is 234 g/mol. The number of pyridine rings is 1. The predicted octanol–water partition coefficient (Wildman–Crippen LogP) is 0.718. The number of carbonyl (C=O) groups is 2. The second-order valence-electron chi connectivity index (χ2n) is 4.39. The number of rotatable bonds is 6. The first-order chi connectivity index (χ1) is 8.65. The number of carboxylic acid groups (broad SMARTS) is 1. The van der Waals surface area contributed by atoms with E-state index in [4.69, 9.17) is 5.11 Å². The molecule has 1 saturated carbocycles. The lowest BCUT2D eigenvalue weighted by Gasteiger charge is -2.06. The number of aromatic carboxylic acids is 1. The summed E-state index contributed by atoms with van der Waals surface area (Å²) in [5.74, 6) is -0.541. The molecule has 1 aromatic heterocycles. The van der Waals surface area contributed by atoms with Gasteiger partial charge in [0.25, 0.3) is 0 Å². The van der Waals surface area contributed by atoms with Crippen molar-refractivity contribution in [2.75, 3.05) is 18.4 Å². The maximum atomic E-state index is 11.5. The Kier molecular flexibility index (Phi) is 3.88. The van der Waals surface area contributed by atoms with Crippen LogP contribution in [-0.2, 0) is 4.79 Å². The molecule has 0 aliphatic heterocycles. The number of hydrogen-bond acceptors (Lipinski definition) is 4. The third kappa shape index (κ3) is 3.81. The van der Waals surface area contributed by atoms with E-state index in [1.807, 2.05) is 0 Å². The second kappa shape index (κ2) is 5.59. The van der Waals surface area contributed by atoms with Crippen LogP contribution in [0.25, 0.3) is 0 Å². The minimum Gasteiger partial charge on any atom is -0.478 e. The third-order valence-electron chi connectivity index (χ3n) is 2.68. The van der Waals surface area contributed by atoms with Gasteiger partial charge in [0.1, 0.15) is 0 Å². The molecule has 1 aromatic rings. The highest BCUT2D eigenvalue weighted by Gasteiger charge is 2.20. The van der Waals surface area contributed by atoms with Gasteiger partial charge in [-0.25, -0.2) is 4.79 Å². The molecule has 96 valence electrons. The molecule has 0 spiro atoms. The zero-order valence-corrected chi connectivity index (χ0v) is 9.85. The zero-order chi connectivity index (χ0) is 13.0. The maximum Gasteiger partial charge on any atom is 0.337 e. The van der Waals surface area contributed by atoms with Crippen LogP contribution in [0.1, 0.15) is 23.2 Å². The van der Waals surface area contributed by atoms with E-state index in [1.54, 1.807) is 0 Å². The monoisotopic (exact) mass is 249 g/mol. The molecule has 0 bridgehead atoms. The van der Waals surface area contributed by atoms with Crippen LogP contribution < -0.4 is 10.6 Å². The highest BCUT2D eigenvalue weighted by Crippen LogP contribution is 2.27. The molecule has 1 aliphatic rings. The first-order valence-electron chi connectivity index (χ1n) is 5.84. The van der Waals surface area contributed by atoms with Crippen molar-refractivity contribution in [1.82, 2.24) is 10.3 Å². The number of nitrogens with zero attached hydrogens (tertiary/aromatic N) is 1. The molecule has 1 fully saturated rings. The Balaban J connectivity index is 1.81. The molecule has 1 aliphatic carbocycles. The van der Waals surface area contributed by atoms with Gasteiger partial charge < -0.3 is 15.7 Å². The van der Waals surface area contributed by atoms with E-state index >= 15 is 0 Å². The quantitative estimate of drug-likeness (QED) is 0.691. The van der Waals surface area contributed by atoms with Gasteiger partial charge >= 0.3 is 5.97 Å². The van der Waals surface area contributed by atoms with E-state index in [9.17, 15) is 9.59 Å². The fourth-order valence-corrected chi connectivity index (χ4v) is 1.54. The second-order valence-corrected chi connectivity index (χ2v) is 4.39. The highest BCUT2D eigenvalue weighted by atomic mass is 16.4. The zero-order valence-electron chi connectivity index (χ0n) is 9.85. The molecule has 6 heteroatoms. The van der Waals surface area contributed by atoms with Gasteiger partial charge in [0, 0.05) is 6.20 Å². The van der Waals surface area contributed by atoms with Gasteiger partial charge in [-0.1, -0.05) is 0 Å². The van der Waals surface area contributed by atoms with Crippen molar-refractivity contribution in [3.8, 4) is 0 Å². The molecule has 6 nitrogen and oxygen atoms in total. The van der Waals surface area contributed by atoms with Crippen LogP contribution in [0.15, 0.2) is 18.5 Å². The summed E-state index contributed by atoms with van der Waals surface area (Å²) in [5, 5.41) is 14.4. The predicted molar refractivity (Wildman–Crippen MR) is 65.4 cm³/mol. The average Bonchev–Trinajstić information content (AvgIpc) is 3.13. The van der Waals surface area contributed by atoms with E-state index in [2.05, 4.69) is 15.6 Å². The third-order valence-corrected chi connectivity index (χ3v) is 2.68. The Labute approximate surface area is 104 Å². The Hall–Kier alpha value is -1.95. The SMILES string of the molecule is O=C(CNCC1CC1)Nc1cncc(C(=O)O)c1. The number of aromatic nitrogens is 1. The Morgan fingerprint density at radius 3 is 2.83 bits per heavy atom. The first kappa shape index (κ1) is 12.5. The van der Waals surface area contributed by atoms with E-state index in [-0.39, 0.29) is 18.0 Å². The molecule has 0 unspecified atom stereocenters. The van der Waals surface area contributed by atoms with Crippen LogP contribution in [0.5, 0.6) is 0 Å². The van der Waals surface area contributed by atoms with Crippen molar-refractivity contribution in [2.24, 2.45) is 5.92 Å². The average molecular weight is 249 g/mol. The summed E-state index contributed by atoms with van der Waals surface area (Å²) in [5.41, 5.74) is 0.451. The van der Waals surface area contributed by atoms with Gasteiger partial charge in [-0.15, -0.1) is 0 Å². The number of anilines is 1.